The largest absolute Gasteiger partial charge is 0.550 e. The number of nitrogens with one attached hydrogen (secondary N) is 3. The minimum atomic E-state index is -1.65. The molecular weight excluding hydrogens is 460 g/mol. The van der Waals surface area contributed by atoms with Crippen LogP contribution in [-0.4, -0.2) is 100 Å². The fourth-order valence-electron chi connectivity index (χ4n) is 3.17. The Morgan fingerprint density at radius 3 is 2.24 bits per heavy atom. The molecule has 34 heavy (non-hydrogen) atoms. The van der Waals surface area contributed by atoms with Gasteiger partial charge in [0.15, 0.2) is 6.29 Å². The quantitative estimate of drug-likeness (QED) is 0.135. The second kappa shape index (κ2) is 13.1. The summed E-state index contributed by atoms with van der Waals surface area (Å²) in [6.45, 7) is 3.03. The topological polar surface area (TPSA) is 250 Å². The van der Waals surface area contributed by atoms with Crippen LogP contribution in [0.4, 0.5) is 0 Å². The van der Waals surface area contributed by atoms with Gasteiger partial charge in [0.05, 0.1) is 6.61 Å². The molecule has 1 aliphatic rings. The van der Waals surface area contributed by atoms with Gasteiger partial charge in [-0.3, -0.25) is 19.2 Å². The molecule has 0 aromatic rings. The summed E-state index contributed by atoms with van der Waals surface area (Å²) in [5.74, 6) is -4.65. The fourth-order valence-corrected chi connectivity index (χ4v) is 3.17. The zero-order valence-corrected chi connectivity index (χ0v) is 18.9. The molecule has 0 aromatic carbocycles. The lowest BCUT2D eigenvalue weighted by molar-refractivity contribution is -0.305. The molecule has 8 atom stereocenters. The van der Waals surface area contributed by atoms with Gasteiger partial charge in [0.2, 0.25) is 23.6 Å². The lowest BCUT2D eigenvalue weighted by atomic mass is 9.96. The highest BCUT2D eigenvalue weighted by atomic mass is 16.6. The fraction of sp³-hybridized carbons (Fsp3) is 0.737. The lowest BCUT2D eigenvalue weighted by Crippen LogP contribution is -2.65. The number of primary amides is 1. The molecule has 1 unspecified atom stereocenters. The van der Waals surface area contributed by atoms with Gasteiger partial charge in [0, 0.05) is 12.9 Å². The smallest absolute Gasteiger partial charge is 0.249 e. The van der Waals surface area contributed by atoms with Crippen LogP contribution in [0.2, 0.25) is 0 Å². The molecule has 0 aromatic heterocycles. The van der Waals surface area contributed by atoms with Gasteiger partial charge >= 0.3 is 0 Å². The first-order valence-electron chi connectivity index (χ1n) is 10.4. The standard InChI is InChI=1S/C19H32N4O11/c1-7(17(30)23-10(16(20)29)4-5-12(26)27)21-18(31)8(2)33-15-13(22-9(3)25)19(32)34-11(6-24)14(15)28/h7-8,10-11,13-15,19,24,28,32H,4-6H2,1-3H3,(H2,20,29)(H,21,31)(H,22,25)(H,23,30)(H,26,27)/p-1/t7-,8+,10+,11+,13+,14+,15+,19?/m0/s1. The Labute approximate surface area is 195 Å². The number of carboxylic acids is 1. The van der Waals surface area contributed by atoms with Gasteiger partial charge in [-0.15, -0.1) is 0 Å². The zero-order valence-electron chi connectivity index (χ0n) is 18.9. The van der Waals surface area contributed by atoms with Crippen LogP contribution in [0.15, 0.2) is 0 Å². The van der Waals surface area contributed by atoms with Crippen molar-refractivity contribution >= 4 is 29.6 Å². The van der Waals surface area contributed by atoms with Gasteiger partial charge in [-0.2, -0.15) is 0 Å². The first kappa shape index (κ1) is 29.2. The number of carbonyl (C=O) groups is 5. The summed E-state index contributed by atoms with van der Waals surface area (Å²) in [4.78, 5) is 58.3. The Kier molecular flexibility index (Phi) is 11.3. The number of nitrogens with two attached hydrogens (primary N) is 1. The molecule has 15 nitrogen and oxygen atoms in total. The summed E-state index contributed by atoms with van der Waals surface area (Å²) >= 11 is 0. The van der Waals surface area contributed by atoms with E-state index in [1.54, 1.807) is 0 Å². The third-order valence-electron chi connectivity index (χ3n) is 5.02. The Morgan fingerprint density at radius 1 is 1.12 bits per heavy atom. The molecule has 0 radical (unpaired) electrons. The second-order valence-electron chi connectivity index (χ2n) is 7.81. The highest BCUT2D eigenvalue weighted by Gasteiger charge is 2.47. The van der Waals surface area contributed by atoms with Crippen LogP contribution in [0.3, 0.4) is 0 Å². The minimum absolute atomic E-state index is 0.301. The van der Waals surface area contributed by atoms with Gasteiger partial charge in [0.25, 0.3) is 0 Å². The van der Waals surface area contributed by atoms with E-state index in [9.17, 15) is 44.4 Å². The molecular formula is C19H31N4O11-. The molecule has 8 N–H and O–H groups in total. The third kappa shape index (κ3) is 8.49. The van der Waals surface area contributed by atoms with Crippen LogP contribution in [0.25, 0.3) is 0 Å². The summed E-state index contributed by atoms with van der Waals surface area (Å²) in [7, 11) is 0. The molecule has 1 rings (SSSR count). The Hall–Kier alpha value is -2.85. The van der Waals surface area contributed by atoms with Crippen molar-refractivity contribution in [1.29, 1.82) is 0 Å². The summed E-state index contributed by atoms with van der Waals surface area (Å²) in [6.07, 6.45) is -7.94. The highest BCUT2D eigenvalue weighted by Crippen LogP contribution is 2.23. The monoisotopic (exact) mass is 491 g/mol. The van der Waals surface area contributed by atoms with Crippen LogP contribution < -0.4 is 26.8 Å². The van der Waals surface area contributed by atoms with Crippen molar-refractivity contribution < 1.29 is 53.9 Å². The molecule has 0 bridgehead atoms. The van der Waals surface area contributed by atoms with E-state index >= 15 is 0 Å². The van der Waals surface area contributed by atoms with Crippen molar-refractivity contribution in [1.82, 2.24) is 16.0 Å². The van der Waals surface area contributed by atoms with E-state index in [2.05, 4.69) is 16.0 Å². The SMILES string of the molecule is CC(=O)N[C@H]1C(O)O[C@H](CO)[C@@H](O)[C@@H]1O[C@H](C)C(=O)N[C@@H](C)C(=O)N[C@H](CCC(=O)[O-])C(N)=O. The van der Waals surface area contributed by atoms with Gasteiger partial charge in [-0.1, -0.05) is 0 Å². The number of hydrogen-bond acceptors (Lipinski definition) is 11. The maximum absolute atomic E-state index is 12.5. The Bertz CT molecular complexity index is 765. The molecule has 0 aliphatic carbocycles. The van der Waals surface area contributed by atoms with E-state index in [0.717, 1.165) is 6.92 Å². The molecule has 1 aliphatic heterocycles. The Morgan fingerprint density at radius 2 is 1.74 bits per heavy atom. The van der Waals surface area contributed by atoms with E-state index in [1.807, 2.05) is 0 Å². The van der Waals surface area contributed by atoms with E-state index in [0.29, 0.717) is 0 Å². The molecule has 1 heterocycles. The summed E-state index contributed by atoms with van der Waals surface area (Å²) < 4.78 is 10.6. The summed E-state index contributed by atoms with van der Waals surface area (Å²) in [5, 5.41) is 47.3. The number of carbonyl (C=O) groups excluding carboxylic acids is 5. The lowest BCUT2D eigenvalue weighted by Gasteiger charge is -2.43. The van der Waals surface area contributed by atoms with Crippen molar-refractivity contribution in [2.75, 3.05) is 6.61 Å². The maximum Gasteiger partial charge on any atom is 0.249 e. The molecule has 1 saturated heterocycles. The van der Waals surface area contributed by atoms with Crippen molar-refractivity contribution in [3.05, 3.63) is 0 Å². The predicted octanol–water partition coefficient (Wildman–Crippen LogP) is -5.66. The molecule has 1 fully saturated rings. The van der Waals surface area contributed by atoms with Crippen molar-refractivity contribution in [2.45, 2.75) is 82.4 Å². The average Bonchev–Trinajstić information content (AvgIpc) is 2.74. The van der Waals surface area contributed by atoms with E-state index < -0.39 is 91.5 Å². The summed E-state index contributed by atoms with van der Waals surface area (Å²) in [6, 6.07) is -3.78. The molecule has 194 valence electrons. The maximum atomic E-state index is 12.5. The van der Waals surface area contributed by atoms with Crippen molar-refractivity contribution in [3.8, 4) is 0 Å². The second-order valence-corrected chi connectivity index (χ2v) is 7.81. The van der Waals surface area contributed by atoms with E-state index in [1.165, 1.54) is 13.8 Å². The van der Waals surface area contributed by atoms with Crippen molar-refractivity contribution in [2.24, 2.45) is 5.73 Å². The van der Waals surface area contributed by atoms with E-state index in [-0.39, 0.29) is 6.42 Å². The molecule has 4 amide bonds. The van der Waals surface area contributed by atoms with Crippen LogP contribution in [0, 0.1) is 0 Å². The first-order valence-corrected chi connectivity index (χ1v) is 10.4. The molecule has 0 saturated carbocycles. The van der Waals surface area contributed by atoms with Gasteiger partial charge in [-0.25, -0.2) is 0 Å². The molecule has 15 heteroatoms. The zero-order chi connectivity index (χ0) is 26.2. The molecule has 0 spiro atoms. The number of aliphatic hydroxyl groups is 3. The van der Waals surface area contributed by atoms with Crippen LogP contribution in [-0.2, 0) is 33.4 Å². The third-order valence-corrected chi connectivity index (χ3v) is 5.02. The Balaban J connectivity index is 2.80. The number of amides is 4. The average molecular weight is 491 g/mol. The summed E-state index contributed by atoms with van der Waals surface area (Å²) in [5.41, 5.74) is 5.14. The van der Waals surface area contributed by atoms with Gasteiger partial charge < -0.3 is 56.4 Å². The number of hydrogen-bond donors (Lipinski definition) is 7. The number of rotatable bonds is 12. The minimum Gasteiger partial charge on any atom is -0.550 e. The number of carboxylic acid groups (broad SMARTS) is 1. The van der Waals surface area contributed by atoms with Crippen LogP contribution in [0.5, 0.6) is 0 Å². The number of aliphatic carboxylic acids is 1. The first-order chi connectivity index (χ1) is 15.8. The van der Waals surface area contributed by atoms with Crippen LogP contribution >= 0.6 is 0 Å². The normalized spacial score (nSPS) is 27.1. The van der Waals surface area contributed by atoms with Crippen molar-refractivity contribution in [3.63, 3.8) is 0 Å². The number of aliphatic hydroxyl groups excluding tert-OH is 3. The predicted molar refractivity (Wildman–Crippen MR) is 109 cm³/mol. The highest BCUT2D eigenvalue weighted by molar-refractivity contribution is 5.92. The van der Waals surface area contributed by atoms with Crippen LogP contribution in [0.1, 0.15) is 33.6 Å². The number of ether oxygens (including phenoxy) is 2. The van der Waals surface area contributed by atoms with Gasteiger partial charge in [-0.05, 0) is 26.7 Å². The van der Waals surface area contributed by atoms with E-state index in [4.69, 9.17) is 15.2 Å². The van der Waals surface area contributed by atoms with Gasteiger partial charge in [0.1, 0.15) is 42.5 Å².